The van der Waals surface area contributed by atoms with E-state index < -0.39 is 0 Å². The van der Waals surface area contributed by atoms with Gasteiger partial charge in [-0.2, -0.15) is 0 Å². The molecule has 0 radical (unpaired) electrons. The number of nitrogens with one attached hydrogen (secondary N) is 3. The van der Waals surface area contributed by atoms with E-state index >= 15 is 0 Å². The van der Waals surface area contributed by atoms with Crippen LogP contribution in [-0.2, 0) is 24.3 Å². The molecule has 8 heteroatoms. The van der Waals surface area contributed by atoms with Crippen molar-refractivity contribution in [1.29, 1.82) is 0 Å². The van der Waals surface area contributed by atoms with Gasteiger partial charge in [-0.15, -0.1) is 0 Å². The first kappa shape index (κ1) is 21.6. The zero-order valence-corrected chi connectivity index (χ0v) is 18.8. The number of carbonyl (C=O) groups is 1. The van der Waals surface area contributed by atoms with E-state index in [1.807, 2.05) is 37.3 Å². The van der Waals surface area contributed by atoms with Gasteiger partial charge >= 0.3 is 0 Å². The quantitative estimate of drug-likeness (QED) is 0.394. The summed E-state index contributed by atoms with van der Waals surface area (Å²) in [6.07, 6.45) is 0.753. The maximum Gasteiger partial charge on any atom is 0.260 e. The van der Waals surface area contributed by atoms with Crippen LogP contribution in [0.3, 0.4) is 0 Å². The van der Waals surface area contributed by atoms with Gasteiger partial charge in [0.15, 0.2) is 5.16 Å². The number of aromatic amines is 1. The first-order chi connectivity index (χ1) is 15.0. The van der Waals surface area contributed by atoms with Crippen molar-refractivity contribution in [3.8, 4) is 0 Å². The van der Waals surface area contributed by atoms with E-state index in [0.29, 0.717) is 22.4 Å². The van der Waals surface area contributed by atoms with Crippen molar-refractivity contribution in [2.45, 2.75) is 31.6 Å². The van der Waals surface area contributed by atoms with Gasteiger partial charge in [-0.25, -0.2) is 4.98 Å². The van der Waals surface area contributed by atoms with Gasteiger partial charge in [0.25, 0.3) is 5.56 Å². The van der Waals surface area contributed by atoms with Gasteiger partial charge < -0.3 is 15.2 Å². The summed E-state index contributed by atoms with van der Waals surface area (Å²) in [5.74, 6) is -0.0257. The number of aromatic nitrogens is 2. The molecule has 2 heterocycles. The van der Waals surface area contributed by atoms with E-state index in [2.05, 4.69) is 27.4 Å². The molecule has 160 valence electrons. The fourth-order valence-corrected chi connectivity index (χ4v) is 4.51. The lowest BCUT2D eigenvalue weighted by atomic mass is 10.1. The first-order valence-electron chi connectivity index (χ1n) is 10.2. The second kappa shape index (κ2) is 9.68. The normalized spacial score (nSPS) is 15.4. The maximum atomic E-state index is 12.7. The van der Waals surface area contributed by atoms with Gasteiger partial charge in [-0.3, -0.25) is 9.59 Å². The summed E-state index contributed by atoms with van der Waals surface area (Å²) in [4.78, 5) is 33.7. The number of quaternary nitrogens is 1. The Labute approximate surface area is 190 Å². The summed E-state index contributed by atoms with van der Waals surface area (Å²) >= 11 is 7.33. The van der Waals surface area contributed by atoms with Crippen LogP contribution >= 0.6 is 23.4 Å². The van der Waals surface area contributed by atoms with E-state index in [-0.39, 0.29) is 17.2 Å². The number of anilines is 1. The molecule has 0 fully saturated rings. The molecule has 0 bridgehead atoms. The Morgan fingerprint density at radius 2 is 2.06 bits per heavy atom. The second-order valence-electron chi connectivity index (χ2n) is 7.69. The average Bonchev–Trinajstić information content (AvgIpc) is 2.76. The van der Waals surface area contributed by atoms with E-state index in [0.717, 1.165) is 36.3 Å². The highest BCUT2D eigenvalue weighted by atomic mass is 35.5. The Morgan fingerprint density at radius 1 is 1.26 bits per heavy atom. The molecule has 1 atom stereocenters. The molecule has 1 aliphatic heterocycles. The van der Waals surface area contributed by atoms with Crippen LogP contribution < -0.4 is 15.8 Å². The Bertz CT molecular complexity index is 1150. The van der Waals surface area contributed by atoms with Crippen LogP contribution in [0, 0.1) is 6.92 Å². The maximum absolute atomic E-state index is 12.7. The number of aryl methyl sites for hydroxylation is 1. The van der Waals surface area contributed by atoms with Gasteiger partial charge in [-0.05, 0) is 24.6 Å². The first-order valence-corrected chi connectivity index (χ1v) is 11.5. The number of halogens is 1. The summed E-state index contributed by atoms with van der Waals surface area (Å²) in [5.41, 5.74) is 4.35. The molecule has 6 nitrogen and oxygen atoms in total. The standard InChI is InChI=1S/C23H23ClN4O2S/c1-15-7-8-17(11-19(15)24)25-21(29)14-31-23-26-20-9-10-28(13-18(20)22(30)27-23)12-16-5-3-2-4-6-16/h2-8,11H,9-10,12-14H2,1H3,(H,25,29)(H,26,27,30)/p+1. The molecule has 1 amide bonds. The summed E-state index contributed by atoms with van der Waals surface area (Å²) in [5, 5.41) is 3.90. The Morgan fingerprint density at radius 3 is 2.84 bits per heavy atom. The number of fused-ring (bicyclic) bond motifs is 1. The van der Waals surface area contributed by atoms with Crippen molar-refractivity contribution in [2.24, 2.45) is 0 Å². The molecule has 4 rings (SSSR count). The molecule has 0 spiro atoms. The largest absolute Gasteiger partial charge is 0.327 e. The lowest BCUT2D eigenvalue weighted by molar-refractivity contribution is -0.929. The molecular formula is C23H24ClN4O2S+. The fraction of sp³-hybridized carbons (Fsp3) is 0.261. The SMILES string of the molecule is Cc1ccc(NC(=O)CSc2nc3c(c(=O)[nH]2)C[NH+](Cc2ccccc2)CC3)cc1Cl. The summed E-state index contributed by atoms with van der Waals surface area (Å²) in [7, 11) is 0. The van der Waals surface area contributed by atoms with E-state index in [1.54, 1.807) is 6.07 Å². The fourth-order valence-electron chi connectivity index (χ4n) is 3.65. The van der Waals surface area contributed by atoms with Gasteiger partial charge in [0.05, 0.1) is 23.6 Å². The molecule has 31 heavy (non-hydrogen) atoms. The van der Waals surface area contributed by atoms with Crippen LogP contribution in [0.1, 0.15) is 22.4 Å². The molecular weight excluding hydrogens is 432 g/mol. The zero-order valence-electron chi connectivity index (χ0n) is 17.2. The minimum absolute atomic E-state index is 0.108. The van der Waals surface area contributed by atoms with Crippen molar-refractivity contribution in [1.82, 2.24) is 9.97 Å². The minimum Gasteiger partial charge on any atom is -0.327 e. The number of benzene rings is 2. The van der Waals surface area contributed by atoms with E-state index in [9.17, 15) is 9.59 Å². The van der Waals surface area contributed by atoms with E-state index in [4.69, 9.17) is 11.6 Å². The highest BCUT2D eigenvalue weighted by molar-refractivity contribution is 7.99. The van der Waals surface area contributed by atoms with Crippen molar-refractivity contribution in [2.75, 3.05) is 17.6 Å². The van der Waals surface area contributed by atoms with Crippen LogP contribution in [-0.4, -0.2) is 28.2 Å². The van der Waals surface area contributed by atoms with Crippen LogP contribution in [0.25, 0.3) is 0 Å². The lowest BCUT2D eigenvalue weighted by Gasteiger charge is -2.25. The highest BCUT2D eigenvalue weighted by Crippen LogP contribution is 2.21. The summed E-state index contributed by atoms with van der Waals surface area (Å²) in [6, 6.07) is 15.7. The molecule has 0 saturated heterocycles. The average molecular weight is 456 g/mol. The number of nitrogens with zero attached hydrogens (tertiary/aromatic N) is 1. The predicted octanol–water partition coefficient (Wildman–Crippen LogP) is 2.60. The van der Waals surface area contributed by atoms with Crippen molar-refractivity contribution < 1.29 is 9.69 Å². The molecule has 1 aliphatic rings. The molecule has 1 aromatic heterocycles. The van der Waals surface area contributed by atoms with Crippen LogP contribution in [0.5, 0.6) is 0 Å². The zero-order chi connectivity index (χ0) is 21.8. The third-order valence-corrected chi connectivity index (χ3v) is 6.59. The van der Waals surface area contributed by atoms with Gasteiger partial charge in [0, 0.05) is 22.7 Å². The lowest BCUT2D eigenvalue weighted by Crippen LogP contribution is -3.10. The summed E-state index contributed by atoms with van der Waals surface area (Å²) in [6.45, 7) is 4.38. The number of hydrogen-bond acceptors (Lipinski definition) is 4. The highest BCUT2D eigenvalue weighted by Gasteiger charge is 2.24. The summed E-state index contributed by atoms with van der Waals surface area (Å²) < 4.78 is 0. The molecule has 2 aromatic carbocycles. The topological polar surface area (TPSA) is 79.3 Å². The number of H-pyrrole nitrogens is 1. The van der Waals surface area contributed by atoms with Crippen LogP contribution in [0.2, 0.25) is 5.02 Å². The molecule has 3 N–H and O–H groups in total. The minimum atomic E-state index is -0.177. The van der Waals surface area contributed by atoms with Crippen LogP contribution in [0.15, 0.2) is 58.5 Å². The van der Waals surface area contributed by atoms with E-state index in [1.165, 1.54) is 22.2 Å². The predicted molar refractivity (Wildman–Crippen MR) is 124 cm³/mol. The molecule has 0 aliphatic carbocycles. The smallest absolute Gasteiger partial charge is 0.260 e. The molecule has 1 unspecified atom stereocenters. The number of thioether (sulfide) groups is 1. The Kier molecular flexibility index (Phi) is 6.75. The third kappa shape index (κ3) is 5.55. The Hall–Kier alpha value is -2.61. The monoisotopic (exact) mass is 455 g/mol. The molecule has 3 aromatic rings. The van der Waals surface area contributed by atoms with Gasteiger partial charge in [-0.1, -0.05) is 59.8 Å². The van der Waals surface area contributed by atoms with Crippen LogP contribution in [0.4, 0.5) is 5.69 Å². The van der Waals surface area contributed by atoms with Crippen molar-refractivity contribution in [3.05, 3.63) is 86.3 Å². The van der Waals surface area contributed by atoms with Crippen molar-refractivity contribution in [3.63, 3.8) is 0 Å². The number of carbonyl (C=O) groups excluding carboxylic acids is 1. The molecule has 0 saturated carbocycles. The third-order valence-electron chi connectivity index (χ3n) is 5.31. The Balaban J connectivity index is 1.36. The number of hydrogen-bond donors (Lipinski definition) is 3. The van der Waals surface area contributed by atoms with Gasteiger partial charge in [0.1, 0.15) is 13.1 Å². The van der Waals surface area contributed by atoms with Gasteiger partial charge in [0.2, 0.25) is 5.91 Å². The number of amides is 1. The number of rotatable bonds is 6. The van der Waals surface area contributed by atoms with Crippen molar-refractivity contribution >= 4 is 35.0 Å². The second-order valence-corrected chi connectivity index (χ2v) is 9.06.